The van der Waals surface area contributed by atoms with Crippen LogP contribution in [0.25, 0.3) is 49.5 Å². The minimum absolute atomic E-state index is 0.00774. The molecule has 9 aromatic rings. The highest BCUT2D eigenvalue weighted by molar-refractivity contribution is 7.86. The molecule has 33 heteroatoms. The number of benzene rings is 6. The zero-order chi connectivity index (χ0) is 58.7. The van der Waals surface area contributed by atoms with Gasteiger partial charge in [0.05, 0.1) is 41.0 Å². The van der Waals surface area contributed by atoms with Crippen LogP contribution in [0.1, 0.15) is 23.1 Å². The molecule has 0 saturated heterocycles. The van der Waals surface area contributed by atoms with Gasteiger partial charge >= 0.3 is 21.2 Å². The lowest BCUT2D eigenvalue weighted by molar-refractivity contribution is 0.317. The van der Waals surface area contributed by atoms with Gasteiger partial charge < -0.3 is 9.84 Å². The highest BCUT2D eigenvalue weighted by Gasteiger charge is 2.22. The number of hydrogen-bond acceptors (Lipinski definition) is 24. The van der Waals surface area contributed by atoms with Gasteiger partial charge in [-0.3, -0.25) is 18.1 Å². The van der Waals surface area contributed by atoms with Crippen molar-refractivity contribution in [1.29, 1.82) is 5.26 Å². The molecule has 27 nitrogen and oxygen atoms in total. The Morgan fingerprint density at radius 1 is 0.700 bits per heavy atom. The Morgan fingerprint density at radius 3 is 1.99 bits per heavy atom. The molecule has 0 saturated carbocycles. The van der Waals surface area contributed by atoms with Crippen LogP contribution >= 0.6 is 11.3 Å². The Kier molecular flexibility index (Phi) is 19.5. The lowest BCUT2D eigenvalue weighted by atomic mass is 10.1. The van der Waals surface area contributed by atoms with E-state index >= 15 is 0 Å². The zero-order valence-electron chi connectivity index (χ0n) is 41.1. The number of rotatable bonds is 13. The molecule has 9 rings (SSSR count). The number of para-hydroxylation sites is 2. The van der Waals surface area contributed by atoms with Crippen LogP contribution in [0.4, 0.5) is 32.9 Å². The van der Waals surface area contributed by atoms with Crippen molar-refractivity contribution in [2.75, 3.05) is 18.6 Å². The molecule has 6 aromatic carbocycles. The number of azo groups is 3. The summed E-state index contributed by atoms with van der Waals surface area (Å²) < 4.78 is 150. The molecule has 3 aromatic heterocycles. The van der Waals surface area contributed by atoms with E-state index in [9.17, 15) is 44.7 Å². The van der Waals surface area contributed by atoms with Crippen molar-refractivity contribution >= 4 is 134 Å². The van der Waals surface area contributed by atoms with Gasteiger partial charge in [0.25, 0.3) is 30.4 Å². The molecule has 0 aliphatic rings. The molecule has 0 unspecified atom stereocenters. The molecule has 0 aliphatic heterocycles. The molecule has 0 radical (unpaired) electrons. The monoisotopic (exact) mass is 1210 g/mol. The van der Waals surface area contributed by atoms with E-state index in [0.717, 1.165) is 22.1 Å². The number of fused-ring (bicyclic) bond motifs is 5. The molecule has 3 heterocycles. The van der Waals surface area contributed by atoms with Crippen molar-refractivity contribution in [3.63, 3.8) is 0 Å². The van der Waals surface area contributed by atoms with Crippen LogP contribution in [0.15, 0.2) is 151 Å². The summed E-state index contributed by atoms with van der Waals surface area (Å²) in [5.74, 6) is -0.736. The largest absolute Gasteiger partial charge is 0.493 e. The van der Waals surface area contributed by atoms with Gasteiger partial charge in [0.2, 0.25) is 11.0 Å². The van der Waals surface area contributed by atoms with E-state index in [-0.39, 0.29) is 62.7 Å². The molecule has 0 fully saturated rings. The predicted molar refractivity (Wildman–Crippen MR) is 290 cm³/mol. The van der Waals surface area contributed by atoms with Crippen molar-refractivity contribution in [3.8, 4) is 29.0 Å². The normalized spacial score (nSPS) is 11.8. The van der Waals surface area contributed by atoms with Crippen molar-refractivity contribution in [1.82, 2.24) is 14.4 Å². The zero-order valence-corrected chi connectivity index (χ0v) is 46.0. The minimum Gasteiger partial charge on any atom is -0.493 e. The van der Waals surface area contributed by atoms with Crippen LogP contribution in [-0.4, -0.2) is 102 Å². The number of imidazole rings is 1. The van der Waals surface area contributed by atoms with E-state index in [4.69, 9.17) is 39.5 Å². The Hall–Kier alpha value is -8.72. The number of nitriles is 1. The van der Waals surface area contributed by atoms with E-state index in [2.05, 4.69) is 41.7 Å². The number of ether oxygens (including phenoxy) is 1. The topological polar surface area (TPSA) is 423 Å². The fraction of sp³-hybridized carbons (Fsp3) is 0.128. The van der Waals surface area contributed by atoms with Gasteiger partial charge in [0.1, 0.15) is 33.7 Å². The number of aromatic hydroxyl groups is 1. The van der Waals surface area contributed by atoms with Crippen LogP contribution in [0, 0.1) is 25.2 Å². The maximum Gasteiger partial charge on any atom is 0.425 e. The molecule has 414 valence electrons. The lowest BCUT2D eigenvalue weighted by Gasteiger charge is -2.11. The average molecular weight is 1210 g/mol. The third-order valence-corrected chi connectivity index (χ3v) is 13.2. The molecular weight excluding hydrogens is 1170 g/mol. The van der Waals surface area contributed by atoms with E-state index in [1.165, 1.54) is 28.7 Å². The molecule has 0 spiro atoms. The first-order valence-electron chi connectivity index (χ1n) is 22.1. The van der Waals surface area contributed by atoms with Gasteiger partial charge in [-0.15, -0.1) is 55.9 Å². The van der Waals surface area contributed by atoms with E-state index in [1.807, 2.05) is 42.5 Å². The summed E-state index contributed by atoms with van der Waals surface area (Å²) in [6.07, 6.45) is 0.651. The number of pyridine rings is 1. The Labute approximate surface area is 460 Å². The predicted octanol–water partition coefficient (Wildman–Crippen LogP) is 9.76. The maximum absolute atomic E-state index is 12.1. The minimum atomic E-state index is -4.52. The molecule has 80 heavy (non-hydrogen) atoms. The Morgan fingerprint density at radius 2 is 1.32 bits per heavy atom. The summed E-state index contributed by atoms with van der Waals surface area (Å²) in [6.45, 7) is 3.21. The number of thiazole rings is 1. The first-order chi connectivity index (χ1) is 37.6. The molecule has 0 atom stereocenters. The number of hydrogen-bond donors (Lipinski definition) is 4. The summed E-state index contributed by atoms with van der Waals surface area (Å²) in [6, 6.07) is 35.4. The summed E-state index contributed by atoms with van der Waals surface area (Å²) in [5, 5.41) is 51.7. The van der Waals surface area contributed by atoms with E-state index < -0.39 is 57.3 Å². The average Bonchev–Trinajstić information content (AvgIpc) is 3.97. The lowest BCUT2D eigenvalue weighted by Crippen LogP contribution is -2.08. The third-order valence-electron chi connectivity index (χ3n) is 10.6. The van der Waals surface area contributed by atoms with Crippen LogP contribution in [0.5, 0.6) is 11.6 Å². The van der Waals surface area contributed by atoms with Crippen molar-refractivity contribution in [2.24, 2.45) is 30.7 Å². The quantitative estimate of drug-likeness (QED) is 0.0473. The van der Waals surface area contributed by atoms with Crippen LogP contribution in [0.3, 0.4) is 0 Å². The van der Waals surface area contributed by atoms with Gasteiger partial charge in [-0.25, -0.2) is 9.97 Å². The standard InChI is InChI=1S/C46H34N10O8S3.CH4O3S.2O3S/c1-26-21-37(52-53-41-27(2)34(25-47)43-48-35-12-5-6-13-38(35)56(43)45(41)57)39(64-19-8-20-66(58,59)60)24-36(26)51-55-46-49-42(31-16-15-28-9-3-4-10-30(28)22-31)44(65-46)54-50-32-18-17-29-11-7-14-40(33(29)23-32)67(61,62)63;1-5(2,3)4;2*1-4(2)3/h3-7,9-18,21-24,57H,8,19-20H2,1-2H3,(H,58,59,60)(H,61,62,63);1H3,(H,2,3,4);;. The second kappa shape index (κ2) is 25.8. The van der Waals surface area contributed by atoms with Crippen LogP contribution in [-0.2, 0) is 51.6 Å². The highest BCUT2D eigenvalue weighted by atomic mass is 32.2. The van der Waals surface area contributed by atoms with E-state index in [1.54, 1.807) is 62.4 Å². The van der Waals surface area contributed by atoms with Crippen LogP contribution in [0.2, 0.25) is 0 Å². The second-order valence-corrected chi connectivity index (χ2v) is 22.4. The summed E-state index contributed by atoms with van der Waals surface area (Å²) in [5.41, 5.74) is 4.43. The van der Waals surface area contributed by atoms with E-state index in [0.29, 0.717) is 61.4 Å². The number of nitrogens with zero attached hydrogens (tertiary/aromatic N) is 10. The highest BCUT2D eigenvalue weighted by Crippen LogP contribution is 2.44. The second-order valence-electron chi connectivity index (χ2n) is 16.2. The summed E-state index contributed by atoms with van der Waals surface area (Å²) in [4.78, 5) is 9.07. The SMILES string of the molecule is CS(=O)(=O)O.Cc1cc(N=Nc2c(C)c(C#N)c3nc4ccccc4n3c2O)c(OCCCS(=O)(=O)O)cc1N=Nc1nc(-c2ccc3ccccc3c2)c(N=Nc2ccc3cccc(S(=O)(=O)O)c3c2)s1.O=S(=O)=O.O=S(=O)=O. The van der Waals surface area contributed by atoms with Crippen molar-refractivity contribution < 1.29 is 74.0 Å². The number of aromatic nitrogens is 3. The van der Waals surface area contributed by atoms with Gasteiger partial charge in [0.15, 0.2) is 16.3 Å². The third kappa shape index (κ3) is 16.4. The van der Waals surface area contributed by atoms with Gasteiger partial charge in [0, 0.05) is 22.6 Å². The Balaban J connectivity index is 0.000000717. The molecule has 0 amide bonds. The summed E-state index contributed by atoms with van der Waals surface area (Å²) in [7, 11) is -18.7. The van der Waals surface area contributed by atoms with Crippen molar-refractivity contribution in [2.45, 2.75) is 25.2 Å². The van der Waals surface area contributed by atoms with Gasteiger partial charge in [-0.1, -0.05) is 78.1 Å². The molecule has 0 bridgehead atoms. The van der Waals surface area contributed by atoms with Gasteiger partial charge in [-0.2, -0.15) is 30.5 Å². The summed E-state index contributed by atoms with van der Waals surface area (Å²) >= 11 is 1.09. The first-order valence-corrected chi connectivity index (χ1v) is 29.8. The van der Waals surface area contributed by atoms with Gasteiger partial charge in [-0.05, 0) is 84.5 Å². The molecular formula is C47H38N10O17S6. The maximum atomic E-state index is 12.1. The molecule has 0 aliphatic carbocycles. The fourth-order valence-electron chi connectivity index (χ4n) is 7.37. The van der Waals surface area contributed by atoms with Crippen molar-refractivity contribution in [3.05, 3.63) is 132 Å². The first kappa shape index (κ1) is 60.5. The number of aryl methyl sites for hydroxylation is 1. The fourth-order valence-corrected chi connectivity index (χ4v) is 9.29. The molecule has 4 N–H and O–H groups in total. The Bertz CT molecular complexity index is 4580. The smallest absolute Gasteiger partial charge is 0.425 e. The van der Waals surface area contributed by atoms with Crippen LogP contribution < -0.4 is 4.74 Å².